The molecular weight excluding hydrogens is 192 g/mol. The SMILES string of the molecule is CCc1c(C)cccc1CC1CCCCC1. The van der Waals surface area contributed by atoms with Crippen LogP contribution < -0.4 is 0 Å². The Balaban J connectivity index is 2.10. The molecule has 0 N–H and O–H groups in total. The summed E-state index contributed by atoms with van der Waals surface area (Å²) >= 11 is 0. The van der Waals surface area contributed by atoms with Crippen LogP contribution in [0.3, 0.4) is 0 Å². The van der Waals surface area contributed by atoms with Crippen LogP contribution in [0.15, 0.2) is 18.2 Å². The lowest BCUT2D eigenvalue weighted by Gasteiger charge is -2.23. The Morgan fingerprint density at radius 3 is 2.56 bits per heavy atom. The first-order chi connectivity index (χ1) is 7.81. The van der Waals surface area contributed by atoms with E-state index in [2.05, 4.69) is 32.0 Å². The maximum atomic E-state index is 2.35. The van der Waals surface area contributed by atoms with Crippen LogP contribution >= 0.6 is 0 Å². The van der Waals surface area contributed by atoms with Crippen molar-refractivity contribution in [3.05, 3.63) is 34.9 Å². The minimum absolute atomic E-state index is 0.959. The highest BCUT2D eigenvalue weighted by Crippen LogP contribution is 2.28. The Bertz CT molecular complexity index is 332. The zero-order valence-electron chi connectivity index (χ0n) is 10.8. The van der Waals surface area contributed by atoms with Crippen LogP contribution in [0.25, 0.3) is 0 Å². The molecule has 0 bridgehead atoms. The summed E-state index contributed by atoms with van der Waals surface area (Å²) in [5.74, 6) is 0.959. The summed E-state index contributed by atoms with van der Waals surface area (Å²) in [6.07, 6.45) is 9.80. The van der Waals surface area contributed by atoms with Gasteiger partial charge in [-0.1, -0.05) is 57.2 Å². The maximum Gasteiger partial charge on any atom is -0.0248 e. The summed E-state index contributed by atoms with van der Waals surface area (Å²) in [4.78, 5) is 0. The number of rotatable bonds is 3. The number of hydrogen-bond acceptors (Lipinski definition) is 0. The second-order valence-corrected chi connectivity index (χ2v) is 5.27. The quantitative estimate of drug-likeness (QED) is 0.688. The average molecular weight is 216 g/mol. The van der Waals surface area contributed by atoms with Crippen molar-refractivity contribution in [3.63, 3.8) is 0 Å². The predicted molar refractivity (Wildman–Crippen MR) is 70.8 cm³/mol. The third-order valence-electron chi connectivity index (χ3n) is 4.09. The lowest BCUT2D eigenvalue weighted by molar-refractivity contribution is 0.356. The topological polar surface area (TPSA) is 0 Å². The number of hydrogen-bond donors (Lipinski definition) is 0. The summed E-state index contributed by atoms with van der Waals surface area (Å²) < 4.78 is 0. The normalized spacial score (nSPS) is 17.6. The van der Waals surface area contributed by atoms with Gasteiger partial charge in [0.2, 0.25) is 0 Å². The Morgan fingerprint density at radius 2 is 1.88 bits per heavy atom. The first-order valence-corrected chi connectivity index (χ1v) is 6.88. The Hall–Kier alpha value is -0.780. The van der Waals surface area contributed by atoms with Gasteiger partial charge in [-0.05, 0) is 42.4 Å². The Labute approximate surface area is 100 Å². The summed E-state index contributed by atoms with van der Waals surface area (Å²) in [6.45, 7) is 4.54. The van der Waals surface area contributed by atoms with Crippen molar-refractivity contribution in [2.24, 2.45) is 5.92 Å². The fraction of sp³-hybridized carbons (Fsp3) is 0.625. The van der Waals surface area contributed by atoms with Crippen molar-refractivity contribution in [1.29, 1.82) is 0 Å². The van der Waals surface area contributed by atoms with Crippen molar-refractivity contribution < 1.29 is 0 Å². The highest BCUT2D eigenvalue weighted by atomic mass is 14.2. The van der Waals surface area contributed by atoms with E-state index in [1.807, 2.05) is 0 Å². The zero-order chi connectivity index (χ0) is 11.4. The molecule has 0 heterocycles. The zero-order valence-corrected chi connectivity index (χ0v) is 10.8. The van der Waals surface area contributed by atoms with Crippen molar-refractivity contribution in [1.82, 2.24) is 0 Å². The highest BCUT2D eigenvalue weighted by Gasteiger charge is 2.15. The Kier molecular flexibility index (Phi) is 4.04. The highest BCUT2D eigenvalue weighted by molar-refractivity contribution is 5.34. The van der Waals surface area contributed by atoms with Crippen molar-refractivity contribution in [3.8, 4) is 0 Å². The smallest absolute Gasteiger partial charge is 0.0248 e. The molecular formula is C16H24. The second kappa shape index (κ2) is 5.52. The molecule has 0 atom stereocenters. The molecule has 1 saturated carbocycles. The van der Waals surface area contributed by atoms with E-state index in [4.69, 9.17) is 0 Å². The molecule has 0 aliphatic heterocycles. The van der Waals surface area contributed by atoms with Gasteiger partial charge >= 0.3 is 0 Å². The summed E-state index contributed by atoms with van der Waals surface area (Å²) in [6, 6.07) is 6.83. The van der Waals surface area contributed by atoms with Crippen LogP contribution in [0.5, 0.6) is 0 Å². The minimum atomic E-state index is 0.959. The first-order valence-electron chi connectivity index (χ1n) is 6.88. The van der Waals surface area contributed by atoms with Gasteiger partial charge in [0, 0.05) is 0 Å². The second-order valence-electron chi connectivity index (χ2n) is 5.27. The van der Waals surface area contributed by atoms with Crippen molar-refractivity contribution in [2.75, 3.05) is 0 Å². The molecule has 1 aliphatic rings. The van der Waals surface area contributed by atoms with E-state index in [1.54, 1.807) is 11.1 Å². The molecule has 1 aromatic carbocycles. The van der Waals surface area contributed by atoms with Crippen LogP contribution in [0.1, 0.15) is 55.7 Å². The molecule has 0 amide bonds. The fourth-order valence-corrected chi connectivity index (χ4v) is 3.16. The van der Waals surface area contributed by atoms with Gasteiger partial charge in [0.05, 0.1) is 0 Å². The molecule has 1 aromatic rings. The van der Waals surface area contributed by atoms with E-state index in [-0.39, 0.29) is 0 Å². The molecule has 0 heteroatoms. The third-order valence-corrected chi connectivity index (χ3v) is 4.09. The van der Waals surface area contributed by atoms with E-state index < -0.39 is 0 Å². The lowest BCUT2D eigenvalue weighted by Crippen LogP contribution is -2.10. The summed E-state index contributed by atoms with van der Waals surface area (Å²) in [7, 11) is 0. The van der Waals surface area contributed by atoms with Crippen LogP contribution in [0, 0.1) is 12.8 Å². The van der Waals surface area contributed by atoms with E-state index in [9.17, 15) is 0 Å². The lowest BCUT2D eigenvalue weighted by atomic mass is 9.83. The van der Waals surface area contributed by atoms with E-state index in [0.29, 0.717) is 0 Å². The summed E-state index contributed by atoms with van der Waals surface area (Å²) in [5, 5.41) is 0. The predicted octanol–water partition coefficient (Wildman–Crippen LogP) is 4.68. The van der Waals surface area contributed by atoms with Crippen LogP contribution in [0.2, 0.25) is 0 Å². The molecule has 0 saturated heterocycles. The molecule has 2 rings (SSSR count). The van der Waals surface area contributed by atoms with Gasteiger partial charge in [-0.3, -0.25) is 0 Å². The first kappa shape index (κ1) is 11.7. The minimum Gasteiger partial charge on any atom is -0.0617 e. The van der Waals surface area contributed by atoms with Gasteiger partial charge in [-0.25, -0.2) is 0 Å². The van der Waals surface area contributed by atoms with E-state index in [1.165, 1.54) is 50.5 Å². The average Bonchev–Trinajstić information content (AvgIpc) is 2.31. The van der Waals surface area contributed by atoms with Crippen LogP contribution in [-0.2, 0) is 12.8 Å². The largest absolute Gasteiger partial charge is 0.0617 e. The number of aryl methyl sites for hydroxylation is 1. The Morgan fingerprint density at radius 1 is 1.12 bits per heavy atom. The maximum absolute atomic E-state index is 2.35. The molecule has 0 spiro atoms. The number of benzene rings is 1. The van der Waals surface area contributed by atoms with Gasteiger partial charge < -0.3 is 0 Å². The standard InChI is InChI=1S/C16H24/c1-3-16-13(2)8-7-11-15(16)12-14-9-5-4-6-10-14/h7-8,11,14H,3-6,9-10,12H2,1-2H3. The molecule has 1 fully saturated rings. The van der Waals surface area contributed by atoms with Gasteiger partial charge in [0.15, 0.2) is 0 Å². The van der Waals surface area contributed by atoms with E-state index >= 15 is 0 Å². The van der Waals surface area contributed by atoms with Crippen molar-refractivity contribution >= 4 is 0 Å². The van der Waals surface area contributed by atoms with Gasteiger partial charge in [-0.15, -0.1) is 0 Å². The monoisotopic (exact) mass is 216 g/mol. The van der Waals surface area contributed by atoms with Gasteiger partial charge in [-0.2, -0.15) is 0 Å². The molecule has 0 nitrogen and oxygen atoms in total. The molecule has 88 valence electrons. The van der Waals surface area contributed by atoms with Gasteiger partial charge in [0.1, 0.15) is 0 Å². The summed E-state index contributed by atoms with van der Waals surface area (Å²) in [5.41, 5.74) is 4.71. The molecule has 16 heavy (non-hydrogen) atoms. The molecule has 0 radical (unpaired) electrons. The van der Waals surface area contributed by atoms with Crippen molar-refractivity contribution in [2.45, 2.75) is 58.8 Å². The van der Waals surface area contributed by atoms with Crippen LogP contribution in [0.4, 0.5) is 0 Å². The van der Waals surface area contributed by atoms with E-state index in [0.717, 1.165) is 5.92 Å². The third kappa shape index (κ3) is 2.66. The molecule has 0 aromatic heterocycles. The molecule has 1 aliphatic carbocycles. The fourth-order valence-electron chi connectivity index (χ4n) is 3.16. The van der Waals surface area contributed by atoms with Gasteiger partial charge in [0.25, 0.3) is 0 Å². The molecule has 0 unspecified atom stereocenters. The van der Waals surface area contributed by atoms with Crippen LogP contribution in [-0.4, -0.2) is 0 Å².